The Labute approximate surface area is 648 Å². The van der Waals surface area contributed by atoms with Gasteiger partial charge in [-0.05, 0) is 91.6 Å². The molecule has 20 rings (SSSR count). The first kappa shape index (κ1) is 86.5. The molecule has 3 unspecified atom stereocenters. The summed E-state index contributed by atoms with van der Waals surface area (Å²) >= 11 is 0. The Morgan fingerprint density at radius 2 is 0.713 bits per heavy atom. The lowest BCUT2D eigenvalue weighted by Gasteiger charge is -2.21. The zero-order valence-electron chi connectivity index (χ0n) is 71.2. The molecule has 0 saturated carbocycles. The first-order chi connectivity index (χ1) is 53.2. The van der Waals surface area contributed by atoms with Gasteiger partial charge in [-0.25, -0.2) is 15.0 Å². The zero-order chi connectivity index (χ0) is 79.9. The van der Waals surface area contributed by atoms with Gasteiger partial charge >= 0.3 is 0 Å². The Hall–Kier alpha value is -10.4. The average Bonchev–Trinajstić information content (AvgIpc) is 1.55. The van der Waals surface area contributed by atoms with Gasteiger partial charge in [0.2, 0.25) is 41.5 Å². The van der Waals surface area contributed by atoms with Gasteiger partial charge in [-0.3, -0.25) is 13.7 Å². The van der Waals surface area contributed by atoms with Crippen LogP contribution in [0.15, 0.2) is 231 Å². The van der Waals surface area contributed by atoms with Crippen molar-refractivity contribution in [3.05, 3.63) is 242 Å². The van der Waals surface area contributed by atoms with Gasteiger partial charge in [0.1, 0.15) is 0 Å². The van der Waals surface area contributed by atoms with Crippen molar-refractivity contribution < 1.29 is 13.7 Å². The summed E-state index contributed by atoms with van der Waals surface area (Å²) in [6.45, 7) is 59.5. The molecule has 9 heteroatoms. The van der Waals surface area contributed by atoms with E-state index >= 15 is 0 Å². The molecule has 0 amide bonds. The number of fused-ring (bicyclic) bond motifs is 31. The van der Waals surface area contributed by atoms with Gasteiger partial charge in [-0.1, -0.05) is 332 Å². The van der Waals surface area contributed by atoms with Crippen molar-refractivity contribution in [2.24, 2.45) is 0 Å². The largest absolute Gasteiger partial charge is 0.259 e. The van der Waals surface area contributed by atoms with Crippen molar-refractivity contribution in [1.29, 1.82) is 0 Å². The summed E-state index contributed by atoms with van der Waals surface area (Å²) in [4.78, 5) is 15.5. The topological polar surface area (TPSA) is 65.1 Å². The van der Waals surface area contributed by atoms with Crippen LogP contribution in [0.5, 0.6) is 0 Å². The molecule has 0 bridgehead atoms. The first-order valence-electron chi connectivity index (χ1n) is 41.4. The van der Waals surface area contributed by atoms with E-state index in [9.17, 15) is 0 Å². The van der Waals surface area contributed by atoms with Crippen LogP contribution in [0.3, 0.4) is 0 Å². The normalized spacial score (nSPS) is 13.4. The highest BCUT2D eigenvalue weighted by atomic mass is 15.3. The summed E-state index contributed by atoms with van der Waals surface area (Å²) < 4.78 is 14.3. The van der Waals surface area contributed by atoms with Gasteiger partial charge in [0, 0.05) is 72.0 Å². The van der Waals surface area contributed by atoms with E-state index in [4.69, 9.17) is 15.0 Å². The molecule has 6 aromatic heterocycles. The fourth-order valence-corrected chi connectivity index (χ4v) is 15.2. The molecular weight excluding hydrogens is 1320 g/mol. The molecule has 3 aliphatic heterocycles. The van der Waals surface area contributed by atoms with Gasteiger partial charge < -0.3 is 0 Å². The Kier molecular flexibility index (Phi) is 32.5. The van der Waals surface area contributed by atoms with Crippen LogP contribution in [0.1, 0.15) is 230 Å². The van der Waals surface area contributed by atoms with E-state index in [0.29, 0.717) is 0 Å². The molecule has 9 nitrogen and oxygen atoms in total. The monoisotopic (exact) mass is 1440 g/mol. The van der Waals surface area contributed by atoms with Crippen molar-refractivity contribution >= 4 is 97.9 Å². The maximum absolute atomic E-state index is 5.26. The second-order valence-corrected chi connectivity index (χ2v) is 23.8. The maximum Gasteiger partial charge on any atom is 0.258 e. The number of para-hydroxylation sites is 1. The maximum atomic E-state index is 5.26. The Morgan fingerprint density at radius 1 is 0.306 bits per heavy atom. The van der Waals surface area contributed by atoms with E-state index < -0.39 is 0 Å². The van der Waals surface area contributed by atoms with Crippen LogP contribution < -0.4 is 13.7 Å². The highest BCUT2D eigenvalue weighted by Gasteiger charge is 2.43. The standard InChI is InChI=1S/C27H22N3.C26H18N3.C22H16N3.12C2H6/c1-16-29-13-12-17-8-4-5-9-18(17)25(29)26-28-23-14-20-19-10-6-7-11-21(19)27(2,3)22(20)15-24(23)30(16)26;1-16-28-15-14-17-8-2-3-9-18(17)25(28)26-27-23-21-12-6-4-10-19(21)20-11-5-7-13-22(20)24(23)29(16)26;1-14-24-18-9-5-3-7-16(18)11-13-20(24)22-23-21-17-8-4-2-6-15(17)10-12-19(21)25(14)22;12*1-2/h4-16H,1-3H3;2-16H,1H3;2-14H,1H3;12*1-2H3/q3*+1;;;;;;;;;;;;. The second kappa shape index (κ2) is 40.5. The summed E-state index contributed by atoms with van der Waals surface area (Å²) in [5.74, 6) is 3.19. The van der Waals surface area contributed by atoms with Crippen molar-refractivity contribution in [3.63, 3.8) is 0 Å². The number of aromatic nitrogens is 9. The minimum absolute atomic E-state index is 0.000632. The van der Waals surface area contributed by atoms with E-state index in [2.05, 4.69) is 293 Å². The van der Waals surface area contributed by atoms with E-state index in [1.807, 2.05) is 166 Å². The minimum Gasteiger partial charge on any atom is -0.259 e. The fraction of sp³-hybridized carbons (Fsp3) is 0.333. The second-order valence-electron chi connectivity index (χ2n) is 23.8. The van der Waals surface area contributed by atoms with Crippen molar-refractivity contribution in [2.75, 3.05) is 0 Å². The molecule has 566 valence electrons. The van der Waals surface area contributed by atoms with Crippen LogP contribution in [-0.4, -0.2) is 28.7 Å². The lowest BCUT2D eigenvalue weighted by molar-refractivity contribution is -0.705. The third kappa shape index (κ3) is 15.0. The molecule has 3 atom stereocenters. The van der Waals surface area contributed by atoms with E-state index in [0.717, 1.165) is 34.0 Å². The number of hydrogen-bond donors (Lipinski definition) is 0. The molecule has 0 N–H and O–H groups in total. The van der Waals surface area contributed by atoms with Crippen LogP contribution in [0.25, 0.3) is 144 Å². The molecule has 0 fully saturated rings. The number of rotatable bonds is 0. The lowest BCUT2D eigenvalue weighted by Crippen LogP contribution is -2.39. The predicted octanol–water partition coefficient (Wildman–Crippen LogP) is 28.7. The SMILES string of the molecule is CC.CC.CC.CC.CC.CC.CC.CC.CC.CC.CC.CC.CC1n2c(nc3c4ccccc4c4ccccc4c32)-c2c3ccccc3cc[n+]21.CC1n2c(nc3c4ccccc4ccc32)-c2ccc3ccccc3[n+]21.CC1n2c(nc3cc4c(cc32)C(C)(C)c2ccccc2-4)-c2c3ccccc3cc[n+]21. The third-order valence-electron chi connectivity index (χ3n) is 19.1. The number of benzene rings is 10. The van der Waals surface area contributed by atoms with Crippen LogP contribution in [0.4, 0.5) is 0 Å². The Balaban J connectivity index is 0.000000223. The van der Waals surface area contributed by atoms with Crippen LogP contribution >= 0.6 is 0 Å². The summed E-state index contributed by atoms with van der Waals surface area (Å²) in [5.41, 5.74) is 17.3. The number of pyridine rings is 3. The van der Waals surface area contributed by atoms with Gasteiger partial charge in [0.15, 0.2) is 12.4 Å². The number of imidazole rings is 3. The van der Waals surface area contributed by atoms with E-state index in [-0.39, 0.29) is 23.9 Å². The van der Waals surface area contributed by atoms with E-state index in [1.54, 1.807) is 0 Å². The summed E-state index contributed by atoms with van der Waals surface area (Å²) in [7, 11) is 0. The smallest absolute Gasteiger partial charge is 0.258 e. The van der Waals surface area contributed by atoms with Gasteiger partial charge in [0.05, 0.1) is 43.9 Å². The summed E-state index contributed by atoms with van der Waals surface area (Å²) in [6.07, 6.45) is 5.00. The molecule has 0 spiro atoms. The highest BCUT2D eigenvalue weighted by molar-refractivity contribution is 6.24. The number of nitrogens with zero attached hydrogens (tertiary/aromatic N) is 9. The molecule has 1 aliphatic carbocycles. The molecular formula is C99H128N9+3. The molecule has 108 heavy (non-hydrogen) atoms. The molecule has 0 radical (unpaired) electrons. The van der Waals surface area contributed by atoms with Crippen molar-refractivity contribution in [3.8, 4) is 45.7 Å². The van der Waals surface area contributed by atoms with Crippen LogP contribution in [0, 0.1) is 0 Å². The van der Waals surface area contributed by atoms with Crippen molar-refractivity contribution in [1.82, 2.24) is 28.7 Å². The zero-order valence-corrected chi connectivity index (χ0v) is 71.2. The van der Waals surface area contributed by atoms with Gasteiger partial charge in [-0.15, -0.1) is 0 Å². The van der Waals surface area contributed by atoms with Crippen LogP contribution in [-0.2, 0) is 5.41 Å². The Morgan fingerprint density at radius 3 is 1.27 bits per heavy atom. The molecule has 4 aliphatic rings. The minimum atomic E-state index is -0.000632. The number of hydrogen-bond acceptors (Lipinski definition) is 3. The summed E-state index contributed by atoms with van der Waals surface area (Å²) in [6, 6.07) is 78.4. The molecule has 0 saturated heterocycles. The Bertz CT molecular complexity index is 5570. The van der Waals surface area contributed by atoms with Crippen molar-refractivity contribution in [2.45, 2.75) is 225 Å². The molecule has 10 aromatic carbocycles. The highest BCUT2D eigenvalue weighted by Crippen LogP contribution is 2.51. The fourth-order valence-electron chi connectivity index (χ4n) is 15.2. The third-order valence-corrected chi connectivity index (χ3v) is 19.1. The first-order valence-corrected chi connectivity index (χ1v) is 41.4. The average molecular weight is 1440 g/mol. The van der Waals surface area contributed by atoms with Gasteiger partial charge in [0.25, 0.3) is 17.1 Å². The molecule has 9 heterocycles. The summed E-state index contributed by atoms with van der Waals surface area (Å²) in [5, 5.41) is 13.8. The quantitative estimate of drug-likeness (QED) is 0.112. The van der Waals surface area contributed by atoms with Gasteiger partial charge in [-0.2, -0.15) is 13.7 Å². The molecule has 16 aromatic rings. The van der Waals surface area contributed by atoms with E-state index in [1.165, 1.54) is 121 Å². The predicted molar refractivity (Wildman–Crippen MR) is 475 cm³/mol. The lowest BCUT2D eigenvalue weighted by atomic mass is 9.82. The van der Waals surface area contributed by atoms with Crippen LogP contribution in [0.2, 0.25) is 0 Å².